The summed E-state index contributed by atoms with van der Waals surface area (Å²) >= 11 is 0. The van der Waals surface area contributed by atoms with E-state index in [4.69, 9.17) is 4.74 Å². The van der Waals surface area contributed by atoms with Crippen LogP contribution in [0.3, 0.4) is 0 Å². The summed E-state index contributed by atoms with van der Waals surface area (Å²) in [5, 5.41) is 0. The lowest BCUT2D eigenvalue weighted by molar-refractivity contribution is -0.106. The number of benzene rings is 3. The molecule has 3 aromatic carbocycles. The fourth-order valence-corrected chi connectivity index (χ4v) is 5.20. The zero-order valence-corrected chi connectivity index (χ0v) is 18.5. The van der Waals surface area contributed by atoms with E-state index in [0.29, 0.717) is 17.8 Å². The maximum absolute atomic E-state index is 7.38. The molecule has 156 valence electrons. The van der Waals surface area contributed by atoms with E-state index in [0.717, 1.165) is 6.42 Å². The second kappa shape index (κ2) is 9.18. The van der Waals surface area contributed by atoms with Crippen molar-refractivity contribution in [3.05, 3.63) is 108 Å². The fourth-order valence-electron chi connectivity index (χ4n) is 5.20. The Balaban J connectivity index is 1.91. The third kappa shape index (κ3) is 4.09. The molecule has 1 heteroatoms. The normalized spacial score (nSPS) is 22.2. The number of rotatable bonds is 6. The second-order valence-electron chi connectivity index (χ2n) is 9.26. The Morgan fingerprint density at radius 1 is 0.700 bits per heavy atom. The summed E-state index contributed by atoms with van der Waals surface area (Å²) in [4.78, 5) is 0. The number of hydrogen-bond donors (Lipinski definition) is 0. The number of hydrogen-bond acceptors (Lipinski definition) is 1. The van der Waals surface area contributed by atoms with Crippen LogP contribution in [-0.4, -0.2) is 6.10 Å². The molecule has 1 aliphatic carbocycles. The lowest BCUT2D eigenvalue weighted by atomic mass is 9.74. The maximum atomic E-state index is 7.38. The van der Waals surface area contributed by atoms with Gasteiger partial charge in [0, 0.05) is 0 Å². The molecule has 1 fully saturated rings. The van der Waals surface area contributed by atoms with Crippen molar-refractivity contribution >= 4 is 0 Å². The minimum absolute atomic E-state index is 0.231. The van der Waals surface area contributed by atoms with Gasteiger partial charge in [0.2, 0.25) is 0 Å². The van der Waals surface area contributed by atoms with Crippen LogP contribution >= 0.6 is 0 Å². The van der Waals surface area contributed by atoms with Gasteiger partial charge in [0.05, 0.1) is 6.10 Å². The van der Waals surface area contributed by atoms with Crippen LogP contribution in [0.2, 0.25) is 0 Å². The molecular formula is C29H34O. The van der Waals surface area contributed by atoms with Gasteiger partial charge in [-0.1, -0.05) is 118 Å². The Morgan fingerprint density at radius 3 is 1.53 bits per heavy atom. The van der Waals surface area contributed by atoms with E-state index in [1.54, 1.807) is 0 Å². The van der Waals surface area contributed by atoms with Crippen LogP contribution in [0.5, 0.6) is 0 Å². The van der Waals surface area contributed by atoms with E-state index in [-0.39, 0.29) is 6.10 Å². The molecule has 1 aliphatic rings. The van der Waals surface area contributed by atoms with Gasteiger partial charge in [0.15, 0.2) is 0 Å². The minimum atomic E-state index is -0.612. The average Bonchev–Trinajstić information content (AvgIpc) is 2.79. The molecule has 3 atom stereocenters. The molecule has 1 saturated carbocycles. The molecule has 1 nitrogen and oxygen atoms in total. The van der Waals surface area contributed by atoms with E-state index >= 15 is 0 Å². The van der Waals surface area contributed by atoms with Gasteiger partial charge >= 0.3 is 0 Å². The Kier molecular flexibility index (Phi) is 6.39. The third-order valence-electron chi connectivity index (χ3n) is 6.83. The highest BCUT2D eigenvalue weighted by Gasteiger charge is 2.43. The summed E-state index contributed by atoms with van der Waals surface area (Å²) in [5.41, 5.74) is 2.98. The van der Waals surface area contributed by atoms with E-state index in [9.17, 15) is 0 Å². The van der Waals surface area contributed by atoms with E-state index in [2.05, 4.69) is 112 Å². The summed E-state index contributed by atoms with van der Waals surface area (Å²) in [5.74, 6) is 1.89. The largest absolute Gasteiger partial charge is 0.357 e. The van der Waals surface area contributed by atoms with Gasteiger partial charge in [-0.25, -0.2) is 0 Å². The van der Waals surface area contributed by atoms with Crippen molar-refractivity contribution in [1.29, 1.82) is 0 Å². The molecule has 0 amide bonds. The lowest BCUT2D eigenvalue weighted by Gasteiger charge is -2.45. The van der Waals surface area contributed by atoms with E-state index in [1.165, 1.54) is 29.5 Å². The SMILES string of the molecule is CC(C)[C@@H]1CC[C@@H](C)C[C@H]1OC(c1ccccc1)(c1ccccc1)c1ccccc1. The van der Waals surface area contributed by atoms with Crippen molar-refractivity contribution in [3.63, 3.8) is 0 Å². The Labute approximate surface area is 182 Å². The van der Waals surface area contributed by atoms with Gasteiger partial charge < -0.3 is 4.74 Å². The molecule has 0 N–H and O–H groups in total. The zero-order valence-electron chi connectivity index (χ0n) is 18.5. The van der Waals surface area contributed by atoms with Gasteiger partial charge in [-0.05, 0) is 47.3 Å². The van der Waals surface area contributed by atoms with Gasteiger partial charge in [0.1, 0.15) is 5.60 Å². The predicted molar refractivity (Wildman–Crippen MR) is 125 cm³/mol. The van der Waals surface area contributed by atoms with Gasteiger partial charge in [-0.15, -0.1) is 0 Å². The van der Waals surface area contributed by atoms with Crippen LogP contribution in [-0.2, 0) is 10.3 Å². The topological polar surface area (TPSA) is 9.23 Å². The molecule has 0 spiro atoms. The molecule has 0 unspecified atom stereocenters. The van der Waals surface area contributed by atoms with Crippen LogP contribution in [0.15, 0.2) is 91.0 Å². The van der Waals surface area contributed by atoms with Gasteiger partial charge in [-0.3, -0.25) is 0 Å². The average molecular weight is 399 g/mol. The summed E-state index contributed by atoms with van der Waals surface area (Å²) in [7, 11) is 0. The van der Waals surface area contributed by atoms with Crippen molar-refractivity contribution in [1.82, 2.24) is 0 Å². The summed E-state index contributed by atoms with van der Waals surface area (Å²) < 4.78 is 7.38. The zero-order chi connectivity index (χ0) is 21.0. The highest BCUT2D eigenvalue weighted by Crippen LogP contribution is 2.46. The van der Waals surface area contributed by atoms with Gasteiger partial charge in [0.25, 0.3) is 0 Å². The van der Waals surface area contributed by atoms with Crippen molar-refractivity contribution in [3.8, 4) is 0 Å². The third-order valence-corrected chi connectivity index (χ3v) is 6.83. The summed E-state index contributed by atoms with van der Waals surface area (Å²) in [6.45, 7) is 7.08. The molecule has 0 aliphatic heterocycles. The Morgan fingerprint density at radius 2 is 1.13 bits per heavy atom. The molecular weight excluding hydrogens is 364 g/mol. The molecule has 4 rings (SSSR count). The van der Waals surface area contributed by atoms with Gasteiger partial charge in [-0.2, -0.15) is 0 Å². The lowest BCUT2D eigenvalue weighted by Crippen LogP contribution is -2.43. The second-order valence-corrected chi connectivity index (χ2v) is 9.26. The summed E-state index contributed by atoms with van der Waals surface area (Å²) in [6.07, 6.45) is 3.90. The molecule has 3 aromatic rings. The van der Waals surface area contributed by atoms with E-state index < -0.39 is 5.60 Å². The number of ether oxygens (including phenoxy) is 1. The predicted octanol–water partition coefficient (Wildman–Crippen LogP) is 7.46. The Hall–Kier alpha value is -2.38. The van der Waals surface area contributed by atoms with Crippen LogP contribution in [0.4, 0.5) is 0 Å². The summed E-state index contributed by atoms with van der Waals surface area (Å²) in [6, 6.07) is 32.3. The van der Waals surface area contributed by atoms with Crippen LogP contribution in [0, 0.1) is 17.8 Å². The molecule has 0 bridgehead atoms. The van der Waals surface area contributed by atoms with Crippen LogP contribution in [0.25, 0.3) is 0 Å². The molecule has 0 saturated heterocycles. The molecule has 0 heterocycles. The first-order valence-corrected chi connectivity index (χ1v) is 11.5. The van der Waals surface area contributed by atoms with Crippen LogP contribution in [0.1, 0.15) is 56.7 Å². The minimum Gasteiger partial charge on any atom is -0.357 e. The van der Waals surface area contributed by atoms with Crippen molar-refractivity contribution in [2.75, 3.05) is 0 Å². The maximum Gasteiger partial charge on any atom is 0.144 e. The first-order valence-electron chi connectivity index (χ1n) is 11.5. The standard InChI is InChI=1S/C29H34O/c1-22(2)27-20-19-23(3)21-28(27)30-29(24-13-7-4-8-14-24,25-15-9-5-10-16-25)26-17-11-6-12-18-26/h4-18,22-23,27-28H,19-21H2,1-3H3/t23-,27+,28-/m1/s1. The van der Waals surface area contributed by atoms with E-state index in [1.807, 2.05) is 0 Å². The quantitative estimate of drug-likeness (QED) is 0.392. The molecule has 0 aromatic heterocycles. The van der Waals surface area contributed by atoms with Crippen molar-refractivity contribution in [2.24, 2.45) is 17.8 Å². The van der Waals surface area contributed by atoms with Crippen molar-refractivity contribution in [2.45, 2.75) is 51.7 Å². The Bertz CT molecular complexity index is 804. The highest BCUT2D eigenvalue weighted by molar-refractivity contribution is 5.47. The molecule has 0 radical (unpaired) electrons. The fraction of sp³-hybridized carbons (Fsp3) is 0.379. The monoisotopic (exact) mass is 398 g/mol. The molecule has 30 heavy (non-hydrogen) atoms. The first kappa shape index (κ1) is 20.9. The van der Waals surface area contributed by atoms with Crippen LogP contribution < -0.4 is 0 Å². The van der Waals surface area contributed by atoms with Crippen molar-refractivity contribution < 1.29 is 4.74 Å². The first-order chi connectivity index (χ1) is 14.6. The smallest absolute Gasteiger partial charge is 0.144 e. The highest BCUT2D eigenvalue weighted by atomic mass is 16.5.